The SMILES string of the molecule is CC1(C)NC(=O)CCC1NC(=O)c1cccc2ncnn12. The van der Waals surface area contributed by atoms with Crippen LogP contribution in [0, 0.1) is 0 Å². The predicted octanol–water partition coefficient (Wildman–Crippen LogP) is 0.516. The molecule has 0 bridgehead atoms. The van der Waals surface area contributed by atoms with Gasteiger partial charge in [0.15, 0.2) is 5.65 Å². The molecule has 1 atom stereocenters. The number of pyridine rings is 1. The molecule has 1 fully saturated rings. The summed E-state index contributed by atoms with van der Waals surface area (Å²) in [7, 11) is 0. The number of hydrogen-bond acceptors (Lipinski definition) is 4. The largest absolute Gasteiger partial charge is 0.349 e. The Bertz CT molecular complexity index is 706. The lowest BCUT2D eigenvalue weighted by atomic mass is 9.87. The van der Waals surface area contributed by atoms with Gasteiger partial charge in [-0.15, -0.1) is 0 Å². The molecule has 2 amide bonds. The van der Waals surface area contributed by atoms with Crippen LogP contribution in [0.25, 0.3) is 5.65 Å². The molecule has 7 nitrogen and oxygen atoms in total. The normalized spacial score (nSPS) is 21.0. The van der Waals surface area contributed by atoms with Gasteiger partial charge in [-0.1, -0.05) is 6.07 Å². The summed E-state index contributed by atoms with van der Waals surface area (Å²) >= 11 is 0. The second kappa shape index (κ2) is 4.83. The first-order chi connectivity index (χ1) is 9.97. The van der Waals surface area contributed by atoms with E-state index in [0.717, 1.165) is 0 Å². The van der Waals surface area contributed by atoms with Gasteiger partial charge in [0.05, 0.1) is 11.6 Å². The first-order valence-corrected chi connectivity index (χ1v) is 6.88. The number of hydrogen-bond donors (Lipinski definition) is 2. The molecular formula is C14H17N5O2. The number of aromatic nitrogens is 3. The highest BCUT2D eigenvalue weighted by Gasteiger charge is 2.36. The molecule has 1 aliphatic rings. The number of carbonyl (C=O) groups excluding carboxylic acids is 2. The molecule has 3 rings (SSSR count). The van der Waals surface area contributed by atoms with Crippen LogP contribution in [0.1, 0.15) is 37.2 Å². The van der Waals surface area contributed by atoms with Crippen molar-refractivity contribution in [1.29, 1.82) is 0 Å². The van der Waals surface area contributed by atoms with Crippen molar-refractivity contribution in [2.24, 2.45) is 0 Å². The van der Waals surface area contributed by atoms with Crippen LogP contribution < -0.4 is 10.6 Å². The third kappa shape index (κ3) is 2.46. The van der Waals surface area contributed by atoms with Crippen LogP contribution in [0.3, 0.4) is 0 Å². The summed E-state index contributed by atoms with van der Waals surface area (Å²) < 4.78 is 1.50. The van der Waals surface area contributed by atoms with Gasteiger partial charge in [-0.2, -0.15) is 5.10 Å². The Hall–Kier alpha value is -2.44. The molecule has 0 radical (unpaired) electrons. The second-order valence-corrected chi connectivity index (χ2v) is 5.78. The summed E-state index contributed by atoms with van der Waals surface area (Å²) in [6.45, 7) is 3.82. The topological polar surface area (TPSA) is 88.4 Å². The fraction of sp³-hybridized carbons (Fsp3) is 0.429. The van der Waals surface area contributed by atoms with Gasteiger partial charge < -0.3 is 10.6 Å². The zero-order valence-corrected chi connectivity index (χ0v) is 12.0. The molecular weight excluding hydrogens is 270 g/mol. The van der Waals surface area contributed by atoms with E-state index >= 15 is 0 Å². The number of rotatable bonds is 2. The fourth-order valence-electron chi connectivity index (χ4n) is 2.65. The molecule has 0 aliphatic carbocycles. The van der Waals surface area contributed by atoms with Crippen molar-refractivity contribution < 1.29 is 9.59 Å². The summed E-state index contributed by atoms with van der Waals surface area (Å²) in [4.78, 5) is 28.0. The predicted molar refractivity (Wildman–Crippen MR) is 75.7 cm³/mol. The molecule has 0 aromatic carbocycles. The summed E-state index contributed by atoms with van der Waals surface area (Å²) in [6.07, 6.45) is 2.46. The molecule has 110 valence electrons. The zero-order valence-electron chi connectivity index (χ0n) is 12.0. The molecule has 2 aromatic heterocycles. The van der Waals surface area contributed by atoms with Gasteiger partial charge in [0.1, 0.15) is 12.0 Å². The average Bonchev–Trinajstić information content (AvgIpc) is 2.89. The zero-order chi connectivity index (χ0) is 15.0. The molecule has 1 aliphatic heterocycles. The van der Waals surface area contributed by atoms with Crippen LogP contribution in [-0.4, -0.2) is 38.0 Å². The van der Waals surface area contributed by atoms with Crippen LogP contribution >= 0.6 is 0 Å². The van der Waals surface area contributed by atoms with E-state index in [4.69, 9.17) is 0 Å². The van der Waals surface area contributed by atoms with E-state index in [1.54, 1.807) is 18.2 Å². The Morgan fingerprint density at radius 1 is 1.48 bits per heavy atom. The highest BCUT2D eigenvalue weighted by Crippen LogP contribution is 2.20. The Morgan fingerprint density at radius 2 is 2.29 bits per heavy atom. The third-order valence-corrected chi connectivity index (χ3v) is 3.83. The van der Waals surface area contributed by atoms with Gasteiger partial charge in [0.2, 0.25) is 5.91 Å². The van der Waals surface area contributed by atoms with E-state index in [1.165, 1.54) is 10.8 Å². The number of carbonyl (C=O) groups is 2. The highest BCUT2D eigenvalue weighted by molar-refractivity contribution is 5.93. The smallest absolute Gasteiger partial charge is 0.270 e. The summed E-state index contributed by atoms with van der Waals surface area (Å²) in [6, 6.07) is 5.13. The van der Waals surface area contributed by atoms with E-state index in [-0.39, 0.29) is 17.9 Å². The number of fused-ring (bicyclic) bond motifs is 1. The summed E-state index contributed by atoms with van der Waals surface area (Å²) in [5, 5.41) is 9.95. The van der Waals surface area contributed by atoms with E-state index in [0.29, 0.717) is 24.2 Å². The average molecular weight is 287 g/mol. The van der Waals surface area contributed by atoms with E-state index < -0.39 is 5.54 Å². The molecule has 0 saturated carbocycles. The first-order valence-electron chi connectivity index (χ1n) is 6.88. The minimum atomic E-state index is -0.471. The van der Waals surface area contributed by atoms with Crippen molar-refractivity contribution in [3.63, 3.8) is 0 Å². The van der Waals surface area contributed by atoms with Crippen molar-refractivity contribution in [3.05, 3.63) is 30.2 Å². The number of piperidine rings is 1. The Balaban J connectivity index is 1.83. The third-order valence-electron chi connectivity index (χ3n) is 3.83. The molecule has 21 heavy (non-hydrogen) atoms. The minimum Gasteiger partial charge on any atom is -0.349 e. The lowest BCUT2D eigenvalue weighted by Gasteiger charge is -2.39. The van der Waals surface area contributed by atoms with Gasteiger partial charge in [-0.05, 0) is 32.4 Å². The first kappa shape index (κ1) is 13.5. The maximum absolute atomic E-state index is 12.5. The van der Waals surface area contributed by atoms with E-state index in [1.807, 2.05) is 13.8 Å². The van der Waals surface area contributed by atoms with E-state index in [2.05, 4.69) is 20.7 Å². The van der Waals surface area contributed by atoms with Crippen molar-refractivity contribution in [2.75, 3.05) is 0 Å². The Kier molecular flexibility index (Phi) is 3.12. The molecule has 2 aromatic rings. The summed E-state index contributed by atoms with van der Waals surface area (Å²) in [5.74, 6) is -0.204. The lowest BCUT2D eigenvalue weighted by molar-refractivity contribution is -0.125. The molecule has 0 spiro atoms. The van der Waals surface area contributed by atoms with Crippen molar-refractivity contribution in [3.8, 4) is 0 Å². The number of nitrogens with zero attached hydrogens (tertiary/aromatic N) is 3. The van der Waals surface area contributed by atoms with Crippen molar-refractivity contribution in [2.45, 2.75) is 38.3 Å². The van der Waals surface area contributed by atoms with Crippen LogP contribution in [0.4, 0.5) is 0 Å². The quantitative estimate of drug-likeness (QED) is 0.842. The van der Waals surface area contributed by atoms with Crippen LogP contribution in [0.2, 0.25) is 0 Å². The fourth-order valence-corrected chi connectivity index (χ4v) is 2.65. The van der Waals surface area contributed by atoms with Crippen LogP contribution in [0.15, 0.2) is 24.5 Å². The highest BCUT2D eigenvalue weighted by atomic mass is 16.2. The molecule has 7 heteroatoms. The van der Waals surface area contributed by atoms with Crippen molar-refractivity contribution in [1.82, 2.24) is 25.2 Å². The summed E-state index contributed by atoms with van der Waals surface area (Å²) in [5.41, 5.74) is 0.581. The lowest BCUT2D eigenvalue weighted by Crippen LogP contribution is -2.62. The van der Waals surface area contributed by atoms with Crippen LogP contribution in [0.5, 0.6) is 0 Å². The van der Waals surface area contributed by atoms with Gasteiger partial charge in [-0.25, -0.2) is 9.50 Å². The standard InChI is InChI=1S/C14H17N5O2/c1-14(2)10(6-7-12(20)18-14)17-13(21)9-4-3-5-11-15-8-16-19(9)11/h3-5,8,10H,6-7H2,1-2H3,(H,17,21)(H,18,20). The Labute approximate surface area is 121 Å². The molecule has 3 heterocycles. The van der Waals surface area contributed by atoms with Gasteiger partial charge in [0, 0.05) is 6.42 Å². The maximum Gasteiger partial charge on any atom is 0.270 e. The molecule has 2 N–H and O–H groups in total. The van der Waals surface area contributed by atoms with Crippen LogP contribution in [-0.2, 0) is 4.79 Å². The number of amides is 2. The Morgan fingerprint density at radius 3 is 3.05 bits per heavy atom. The van der Waals surface area contributed by atoms with Gasteiger partial charge in [0.25, 0.3) is 5.91 Å². The van der Waals surface area contributed by atoms with Gasteiger partial charge in [-0.3, -0.25) is 9.59 Å². The van der Waals surface area contributed by atoms with Crippen molar-refractivity contribution >= 4 is 17.5 Å². The second-order valence-electron chi connectivity index (χ2n) is 5.78. The maximum atomic E-state index is 12.5. The van der Waals surface area contributed by atoms with E-state index in [9.17, 15) is 9.59 Å². The number of nitrogens with one attached hydrogen (secondary N) is 2. The minimum absolute atomic E-state index is 0.0175. The van der Waals surface area contributed by atoms with Gasteiger partial charge >= 0.3 is 0 Å². The molecule has 1 saturated heterocycles. The molecule has 1 unspecified atom stereocenters. The monoisotopic (exact) mass is 287 g/mol.